The number of hydrogen-bond donors (Lipinski definition) is 2. The molecule has 3 N–H and O–H groups in total. The smallest absolute Gasteiger partial charge is 0.221 e. The molecule has 1 rings (SSSR count). The second-order valence-corrected chi connectivity index (χ2v) is 5.74. The Labute approximate surface area is 98.6 Å². The van der Waals surface area contributed by atoms with Gasteiger partial charge in [-0.05, 0) is 46.2 Å². The summed E-state index contributed by atoms with van der Waals surface area (Å²) in [6, 6.07) is 0. The molecule has 1 saturated heterocycles. The third kappa shape index (κ3) is 5.47. The predicted octanol–water partition coefficient (Wildman–Crippen LogP) is 0.572. The number of carbonyl (C=O) groups is 1. The fourth-order valence-corrected chi connectivity index (χ4v) is 2.17. The summed E-state index contributed by atoms with van der Waals surface area (Å²) in [6.45, 7) is 6.81. The number of amides is 1. The number of piperidine rings is 1. The lowest BCUT2D eigenvalue weighted by atomic mass is 9.98. The number of likely N-dealkylation sites (tertiary alicyclic amines) is 1. The van der Waals surface area contributed by atoms with Gasteiger partial charge in [0.05, 0.1) is 0 Å². The SMILES string of the molecule is CN1CCCC(CNC(=O)CC(C)(C)N)C1. The van der Waals surface area contributed by atoms with Crippen LogP contribution >= 0.6 is 0 Å². The minimum absolute atomic E-state index is 0.0701. The predicted molar refractivity (Wildman–Crippen MR) is 66.1 cm³/mol. The Morgan fingerprint density at radius 3 is 2.81 bits per heavy atom. The van der Waals surface area contributed by atoms with Gasteiger partial charge in [-0.25, -0.2) is 0 Å². The number of rotatable bonds is 4. The number of nitrogens with one attached hydrogen (secondary N) is 1. The van der Waals surface area contributed by atoms with Crippen molar-refractivity contribution in [3.05, 3.63) is 0 Å². The summed E-state index contributed by atoms with van der Waals surface area (Å²) < 4.78 is 0. The lowest BCUT2D eigenvalue weighted by Gasteiger charge is -2.30. The lowest BCUT2D eigenvalue weighted by molar-refractivity contribution is -0.122. The van der Waals surface area contributed by atoms with Crippen molar-refractivity contribution in [1.29, 1.82) is 0 Å². The zero-order valence-corrected chi connectivity index (χ0v) is 10.8. The van der Waals surface area contributed by atoms with Gasteiger partial charge in [0.25, 0.3) is 0 Å². The lowest BCUT2D eigenvalue weighted by Crippen LogP contribution is -2.42. The molecule has 4 heteroatoms. The quantitative estimate of drug-likeness (QED) is 0.738. The molecule has 0 aliphatic carbocycles. The average molecular weight is 227 g/mol. The van der Waals surface area contributed by atoms with E-state index in [-0.39, 0.29) is 5.91 Å². The molecule has 0 bridgehead atoms. The summed E-state index contributed by atoms with van der Waals surface area (Å²) in [7, 11) is 2.14. The highest BCUT2D eigenvalue weighted by molar-refractivity contribution is 5.77. The molecule has 0 aromatic rings. The standard InChI is InChI=1S/C12H25N3O/c1-12(2,13)7-11(16)14-8-10-5-4-6-15(3)9-10/h10H,4-9,13H2,1-3H3,(H,14,16). The Bertz CT molecular complexity index is 235. The molecule has 0 radical (unpaired) electrons. The fourth-order valence-electron chi connectivity index (χ4n) is 2.17. The van der Waals surface area contributed by atoms with E-state index in [2.05, 4.69) is 17.3 Å². The van der Waals surface area contributed by atoms with E-state index in [1.165, 1.54) is 19.4 Å². The normalized spacial score (nSPS) is 23.1. The molecule has 0 aromatic carbocycles. The van der Waals surface area contributed by atoms with E-state index in [0.717, 1.165) is 13.1 Å². The van der Waals surface area contributed by atoms with Crippen LogP contribution in [0.3, 0.4) is 0 Å². The first-order chi connectivity index (χ1) is 7.37. The van der Waals surface area contributed by atoms with E-state index in [1.807, 2.05) is 13.8 Å². The Balaban J connectivity index is 2.21. The molecule has 1 aliphatic rings. The van der Waals surface area contributed by atoms with E-state index < -0.39 is 5.54 Å². The zero-order valence-electron chi connectivity index (χ0n) is 10.8. The van der Waals surface area contributed by atoms with Crippen molar-refractivity contribution in [2.24, 2.45) is 11.7 Å². The van der Waals surface area contributed by atoms with Gasteiger partial charge in [0.1, 0.15) is 0 Å². The highest BCUT2D eigenvalue weighted by atomic mass is 16.1. The van der Waals surface area contributed by atoms with Gasteiger partial charge in [-0.2, -0.15) is 0 Å². The monoisotopic (exact) mass is 227 g/mol. The van der Waals surface area contributed by atoms with Crippen LogP contribution in [0.4, 0.5) is 0 Å². The molecule has 0 saturated carbocycles. The molecular weight excluding hydrogens is 202 g/mol. The molecule has 1 heterocycles. The first kappa shape index (κ1) is 13.5. The molecular formula is C12H25N3O. The van der Waals surface area contributed by atoms with Crippen LogP contribution in [0.5, 0.6) is 0 Å². The summed E-state index contributed by atoms with van der Waals surface area (Å²) in [5.41, 5.74) is 5.39. The number of hydrogen-bond acceptors (Lipinski definition) is 3. The van der Waals surface area contributed by atoms with Gasteiger partial charge < -0.3 is 16.0 Å². The number of carbonyl (C=O) groups excluding carboxylic acids is 1. The van der Waals surface area contributed by atoms with Gasteiger partial charge in [0.2, 0.25) is 5.91 Å². The van der Waals surface area contributed by atoms with E-state index in [9.17, 15) is 4.79 Å². The summed E-state index contributed by atoms with van der Waals surface area (Å²) in [5.74, 6) is 0.671. The Hall–Kier alpha value is -0.610. The van der Waals surface area contributed by atoms with Crippen LogP contribution < -0.4 is 11.1 Å². The second kappa shape index (κ2) is 5.64. The maximum absolute atomic E-state index is 11.6. The molecule has 94 valence electrons. The summed E-state index contributed by atoms with van der Waals surface area (Å²) in [4.78, 5) is 13.9. The van der Waals surface area contributed by atoms with E-state index in [4.69, 9.17) is 5.73 Å². The minimum atomic E-state index is -0.409. The molecule has 1 fully saturated rings. The van der Waals surface area contributed by atoms with Crippen LogP contribution in [0.1, 0.15) is 33.1 Å². The van der Waals surface area contributed by atoms with Gasteiger partial charge in [0.15, 0.2) is 0 Å². The maximum atomic E-state index is 11.6. The fraction of sp³-hybridized carbons (Fsp3) is 0.917. The maximum Gasteiger partial charge on any atom is 0.221 e. The number of nitrogens with two attached hydrogens (primary N) is 1. The molecule has 1 amide bonds. The molecule has 1 aliphatic heterocycles. The Morgan fingerprint density at radius 1 is 1.56 bits per heavy atom. The highest BCUT2D eigenvalue weighted by Crippen LogP contribution is 2.14. The molecule has 0 aromatic heterocycles. The zero-order chi connectivity index (χ0) is 12.2. The van der Waals surface area contributed by atoms with Gasteiger partial charge in [-0.1, -0.05) is 0 Å². The molecule has 1 atom stereocenters. The summed E-state index contributed by atoms with van der Waals surface area (Å²) in [5, 5.41) is 2.98. The van der Waals surface area contributed by atoms with Crippen molar-refractivity contribution in [2.75, 3.05) is 26.7 Å². The first-order valence-electron chi connectivity index (χ1n) is 6.11. The molecule has 4 nitrogen and oxygen atoms in total. The molecule has 1 unspecified atom stereocenters. The van der Waals surface area contributed by atoms with Gasteiger partial charge in [-0.15, -0.1) is 0 Å². The first-order valence-corrected chi connectivity index (χ1v) is 6.11. The number of nitrogens with zero attached hydrogens (tertiary/aromatic N) is 1. The average Bonchev–Trinajstić information content (AvgIpc) is 2.12. The summed E-state index contributed by atoms with van der Waals surface area (Å²) in [6.07, 6.45) is 2.85. The third-order valence-electron chi connectivity index (χ3n) is 2.93. The van der Waals surface area contributed by atoms with Crippen molar-refractivity contribution < 1.29 is 4.79 Å². The van der Waals surface area contributed by atoms with Crippen LogP contribution in [-0.2, 0) is 4.79 Å². The largest absolute Gasteiger partial charge is 0.356 e. The van der Waals surface area contributed by atoms with Crippen molar-refractivity contribution in [3.63, 3.8) is 0 Å². The van der Waals surface area contributed by atoms with Gasteiger partial charge in [0, 0.05) is 25.0 Å². The summed E-state index contributed by atoms with van der Waals surface area (Å²) >= 11 is 0. The van der Waals surface area contributed by atoms with Crippen LogP contribution in [0.2, 0.25) is 0 Å². The van der Waals surface area contributed by atoms with Crippen molar-refractivity contribution >= 4 is 5.91 Å². The van der Waals surface area contributed by atoms with Crippen molar-refractivity contribution in [2.45, 2.75) is 38.6 Å². The van der Waals surface area contributed by atoms with Crippen LogP contribution in [0.25, 0.3) is 0 Å². The van der Waals surface area contributed by atoms with E-state index in [1.54, 1.807) is 0 Å². The van der Waals surface area contributed by atoms with Crippen LogP contribution in [0.15, 0.2) is 0 Å². The van der Waals surface area contributed by atoms with Crippen molar-refractivity contribution in [1.82, 2.24) is 10.2 Å². The second-order valence-electron chi connectivity index (χ2n) is 5.74. The highest BCUT2D eigenvalue weighted by Gasteiger charge is 2.20. The van der Waals surface area contributed by atoms with Crippen molar-refractivity contribution in [3.8, 4) is 0 Å². The van der Waals surface area contributed by atoms with Crippen LogP contribution in [0, 0.1) is 5.92 Å². The van der Waals surface area contributed by atoms with Crippen LogP contribution in [-0.4, -0.2) is 43.0 Å². The minimum Gasteiger partial charge on any atom is -0.356 e. The Morgan fingerprint density at radius 2 is 2.25 bits per heavy atom. The van der Waals surface area contributed by atoms with Gasteiger partial charge >= 0.3 is 0 Å². The molecule has 16 heavy (non-hydrogen) atoms. The van der Waals surface area contributed by atoms with Gasteiger partial charge in [-0.3, -0.25) is 4.79 Å². The van der Waals surface area contributed by atoms with E-state index >= 15 is 0 Å². The third-order valence-corrected chi connectivity index (χ3v) is 2.93. The van der Waals surface area contributed by atoms with E-state index in [0.29, 0.717) is 12.3 Å². The topological polar surface area (TPSA) is 58.4 Å². The molecule has 0 spiro atoms. The Kier molecular flexibility index (Phi) is 4.74.